The zero-order valence-electron chi connectivity index (χ0n) is 13.6. The molecule has 4 fully saturated rings. The van der Waals surface area contributed by atoms with Crippen LogP contribution in [0.15, 0.2) is 12.3 Å². The highest BCUT2D eigenvalue weighted by Crippen LogP contribution is 2.59. The summed E-state index contributed by atoms with van der Waals surface area (Å²) in [6.45, 7) is 3.57. The molecule has 4 aliphatic rings. The summed E-state index contributed by atoms with van der Waals surface area (Å²) in [5.74, 6) is 3.05. The van der Waals surface area contributed by atoms with Crippen molar-refractivity contribution in [2.24, 2.45) is 23.2 Å². The van der Waals surface area contributed by atoms with Crippen molar-refractivity contribution in [2.75, 3.05) is 6.54 Å². The highest BCUT2D eigenvalue weighted by molar-refractivity contribution is 5.75. The van der Waals surface area contributed by atoms with Crippen LogP contribution >= 0.6 is 0 Å². The standard InChI is InChI=1S/C18H27N3O/c1-13-2-4-21(20-13)5-3-17(22)19-12-18-9-14-6-15(10-18)8-16(7-14)11-18/h2,4,14-16H,3,5-12H2,1H3,(H,19,22). The summed E-state index contributed by atoms with van der Waals surface area (Å²) >= 11 is 0. The number of carbonyl (C=O) groups is 1. The Morgan fingerprint density at radius 2 is 1.91 bits per heavy atom. The van der Waals surface area contributed by atoms with Gasteiger partial charge in [-0.15, -0.1) is 0 Å². The molecule has 5 rings (SSSR count). The van der Waals surface area contributed by atoms with Crippen molar-refractivity contribution >= 4 is 5.91 Å². The molecule has 4 bridgehead atoms. The van der Waals surface area contributed by atoms with Gasteiger partial charge in [-0.2, -0.15) is 5.10 Å². The molecule has 4 nitrogen and oxygen atoms in total. The summed E-state index contributed by atoms with van der Waals surface area (Å²) in [6.07, 6.45) is 11.0. The van der Waals surface area contributed by atoms with E-state index in [1.165, 1.54) is 38.5 Å². The van der Waals surface area contributed by atoms with E-state index in [0.717, 1.165) is 30.0 Å². The van der Waals surface area contributed by atoms with Gasteiger partial charge >= 0.3 is 0 Å². The summed E-state index contributed by atoms with van der Waals surface area (Å²) in [5.41, 5.74) is 1.45. The lowest BCUT2D eigenvalue weighted by molar-refractivity contribution is -0.123. The van der Waals surface area contributed by atoms with Crippen LogP contribution in [-0.2, 0) is 11.3 Å². The lowest BCUT2D eigenvalue weighted by Gasteiger charge is -2.56. The van der Waals surface area contributed by atoms with Gasteiger partial charge in [-0.3, -0.25) is 9.48 Å². The molecule has 1 amide bonds. The lowest BCUT2D eigenvalue weighted by Crippen LogP contribution is -2.51. The van der Waals surface area contributed by atoms with E-state index in [1.807, 2.05) is 23.9 Å². The number of hydrogen-bond donors (Lipinski definition) is 1. The largest absolute Gasteiger partial charge is 0.355 e. The number of aromatic nitrogens is 2. The van der Waals surface area contributed by atoms with E-state index < -0.39 is 0 Å². The van der Waals surface area contributed by atoms with Gasteiger partial charge in [0, 0.05) is 25.7 Å². The van der Waals surface area contributed by atoms with Crippen LogP contribution in [0.1, 0.15) is 50.6 Å². The summed E-state index contributed by atoms with van der Waals surface area (Å²) in [7, 11) is 0. The molecule has 1 aromatic heterocycles. The Labute approximate surface area is 132 Å². The topological polar surface area (TPSA) is 46.9 Å². The van der Waals surface area contributed by atoms with E-state index in [0.29, 0.717) is 18.4 Å². The quantitative estimate of drug-likeness (QED) is 0.909. The van der Waals surface area contributed by atoms with Crippen LogP contribution in [-0.4, -0.2) is 22.2 Å². The Hall–Kier alpha value is -1.32. The molecule has 22 heavy (non-hydrogen) atoms. The number of rotatable bonds is 5. The molecule has 0 spiro atoms. The first-order chi connectivity index (χ1) is 10.6. The van der Waals surface area contributed by atoms with E-state index in [9.17, 15) is 4.79 Å². The van der Waals surface area contributed by atoms with Crippen LogP contribution < -0.4 is 5.32 Å². The van der Waals surface area contributed by atoms with Crippen LogP contribution in [0.3, 0.4) is 0 Å². The van der Waals surface area contributed by atoms with E-state index in [1.54, 1.807) is 0 Å². The number of aryl methyl sites for hydroxylation is 2. The Kier molecular flexibility index (Phi) is 3.50. The van der Waals surface area contributed by atoms with E-state index >= 15 is 0 Å². The average Bonchev–Trinajstić information content (AvgIpc) is 2.87. The van der Waals surface area contributed by atoms with Gasteiger partial charge in [0.2, 0.25) is 5.91 Å². The van der Waals surface area contributed by atoms with Crippen molar-refractivity contribution in [1.82, 2.24) is 15.1 Å². The fourth-order valence-electron chi connectivity index (χ4n) is 5.68. The molecule has 0 aromatic carbocycles. The first-order valence-electron chi connectivity index (χ1n) is 8.87. The molecule has 0 aliphatic heterocycles. The number of nitrogens with zero attached hydrogens (tertiary/aromatic N) is 2. The van der Waals surface area contributed by atoms with Crippen LogP contribution in [0.25, 0.3) is 0 Å². The maximum atomic E-state index is 12.2. The van der Waals surface area contributed by atoms with E-state index in [4.69, 9.17) is 0 Å². The lowest BCUT2D eigenvalue weighted by atomic mass is 9.49. The third-order valence-electron chi connectivity index (χ3n) is 6.17. The smallest absolute Gasteiger partial charge is 0.221 e. The maximum Gasteiger partial charge on any atom is 0.221 e. The Bertz CT molecular complexity index is 527. The maximum absolute atomic E-state index is 12.2. The average molecular weight is 301 g/mol. The van der Waals surface area contributed by atoms with Gasteiger partial charge < -0.3 is 5.32 Å². The van der Waals surface area contributed by atoms with Crippen LogP contribution in [0, 0.1) is 30.1 Å². The van der Waals surface area contributed by atoms with Crippen molar-refractivity contribution in [1.29, 1.82) is 0 Å². The molecule has 0 radical (unpaired) electrons. The van der Waals surface area contributed by atoms with Crippen LogP contribution in [0.2, 0.25) is 0 Å². The Morgan fingerprint density at radius 3 is 2.45 bits per heavy atom. The van der Waals surface area contributed by atoms with Crippen molar-refractivity contribution < 1.29 is 4.79 Å². The van der Waals surface area contributed by atoms with Gasteiger partial charge in [0.25, 0.3) is 0 Å². The SMILES string of the molecule is Cc1ccn(CCC(=O)NCC23CC4CC(CC(C4)C2)C3)n1. The molecule has 120 valence electrons. The van der Waals surface area contributed by atoms with E-state index in [-0.39, 0.29) is 5.91 Å². The molecule has 0 saturated heterocycles. The molecule has 4 heteroatoms. The molecule has 4 aliphatic carbocycles. The van der Waals surface area contributed by atoms with Gasteiger partial charge in [0.15, 0.2) is 0 Å². The second-order valence-corrected chi connectivity index (χ2v) is 8.16. The van der Waals surface area contributed by atoms with Gasteiger partial charge in [0.05, 0.1) is 5.69 Å². The minimum atomic E-state index is 0.184. The fourth-order valence-corrected chi connectivity index (χ4v) is 5.68. The first kappa shape index (κ1) is 14.3. The molecule has 0 atom stereocenters. The third-order valence-corrected chi connectivity index (χ3v) is 6.17. The van der Waals surface area contributed by atoms with Gasteiger partial charge in [0.1, 0.15) is 0 Å². The number of carbonyl (C=O) groups excluding carboxylic acids is 1. The summed E-state index contributed by atoms with van der Waals surface area (Å²) < 4.78 is 1.86. The van der Waals surface area contributed by atoms with Gasteiger partial charge in [-0.25, -0.2) is 0 Å². The molecular weight excluding hydrogens is 274 g/mol. The number of nitrogens with one attached hydrogen (secondary N) is 1. The molecule has 1 aromatic rings. The highest BCUT2D eigenvalue weighted by Gasteiger charge is 2.50. The van der Waals surface area contributed by atoms with Gasteiger partial charge in [-0.05, 0) is 74.7 Å². The van der Waals surface area contributed by atoms with Crippen molar-refractivity contribution in [2.45, 2.75) is 58.4 Å². The molecule has 4 saturated carbocycles. The minimum Gasteiger partial charge on any atom is -0.355 e. The Balaban J connectivity index is 1.28. The number of hydrogen-bond acceptors (Lipinski definition) is 2. The Morgan fingerprint density at radius 1 is 1.27 bits per heavy atom. The van der Waals surface area contributed by atoms with Crippen molar-refractivity contribution in [3.05, 3.63) is 18.0 Å². The molecule has 1 heterocycles. The summed E-state index contributed by atoms with van der Waals surface area (Å²) in [6, 6.07) is 1.98. The molecule has 0 unspecified atom stereocenters. The highest BCUT2D eigenvalue weighted by atomic mass is 16.1. The zero-order chi connectivity index (χ0) is 15.2. The third kappa shape index (κ3) is 2.80. The zero-order valence-corrected chi connectivity index (χ0v) is 13.6. The summed E-state index contributed by atoms with van der Waals surface area (Å²) in [5, 5.41) is 7.57. The summed E-state index contributed by atoms with van der Waals surface area (Å²) in [4.78, 5) is 12.2. The number of amides is 1. The van der Waals surface area contributed by atoms with E-state index in [2.05, 4.69) is 10.4 Å². The fraction of sp³-hybridized carbons (Fsp3) is 0.778. The van der Waals surface area contributed by atoms with Crippen LogP contribution in [0.4, 0.5) is 0 Å². The van der Waals surface area contributed by atoms with Crippen LogP contribution in [0.5, 0.6) is 0 Å². The second kappa shape index (κ2) is 5.39. The normalized spacial score (nSPS) is 35.8. The van der Waals surface area contributed by atoms with Crippen molar-refractivity contribution in [3.8, 4) is 0 Å². The molecular formula is C18H27N3O. The second-order valence-electron chi connectivity index (χ2n) is 8.16. The van der Waals surface area contributed by atoms with Gasteiger partial charge in [-0.1, -0.05) is 0 Å². The van der Waals surface area contributed by atoms with Crippen molar-refractivity contribution in [3.63, 3.8) is 0 Å². The minimum absolute atomic E-state index is 0.184. The monoisotopic (exact) mass is 301 g/mol. The predicted molar refractivity (Wildman–Crippen MR) is 85.2 cm³/mol. The predicted octanol–water partition coefficient (Wildman–Crippen LogP) is 2.91. The first-order valence-corrected chi connectivity index (χ1v) is 8.87. The molecule has 1 N–H and O–H groups in total.